The monoisotopic (exact) mass is 514 g/mol. The Morgan fingerprint density at radius 3 is 2.45 bits per heavy atom. The lowest BCUT2D eigenvalue weighted by molar-refractivity contribution is 0.101. The average Bonchev–Trinajstić information content (AvgIpc) is 3.18. The number of amides is 1. The Labute approximate surface area is 198 Å². The van der Waals surface area contributed by atoms with Gasteiger partial charge in [-0.05, 0) is 61.4 Å². The van der Waals surface area contributed by atoms with E-state index in [2.05, 4.69) is 31.3 Å². The molecule has 1 aromatic heterocycles. The highest BCUT2D eigenvalue weighted by Gasteiger charge is 2.20. The number of nitrogens with one attached hydrogen (secondary N) is 1. The van der Waals surface area contributed by atoms with Crippen molar-refractivity contribution in [1.82, 2.24) is 14.8 Å². The molecule has 0 atom stereocenters. The highest BCUT2D eigenvalue weighted by atomic mass is 79.9. The van der Waals surface area contributed by atoms with E-state index in [0.29, 0.717) is 21.6 Å². The van der Waals surface area contributed by atoms with Crippen molar-refractivity contribution >= 4 is 50.7 Å². The van der Waals surface area contributed by atoms with Gasteiger partial charge >= 0.3 is 0 Å². The molecule has 5 nitrogen and oxygen atoms in total. The topological polar surface area (TPSA) is 59.8 Å². The zero-order valence-corrected chi connectivity index (χ0v) is 19.8. The Morgan fingerprint density at radius 1 is 1.00 bits per heavy atom. The number of halogens is 3. The molecule has 0 unspecified atom stereocenters. The van der Waals surface area contributed by atoms with Gasteiger partial charge in [-0.2, -0.15) is 0 Å². The molecule has 4 rings (SSSR count). The molecule has 1 heterocycles. The van der Waals surface area contributed by atoms with Crippen LogP contribution in [0.4, 0.5) is 5.69 Å². The predicted octanol–water partition coefficient (Wildman–Crippen LogP) is 6.87. The first-order chi connectivity index (χ1) is 14.8. The number of carbonyl (C=O) groups is 1. The van der Waals surface area contributed by atoms with Crippen LogP contribution in [0.1, 0.15) is 21.7 Å². The van der Waals surface area contributed by atoms with Crippen LogP contribution in [0.5, 0.6) is 0 Å². The van der Waals surface area contributed by atoms with Crippen molar-refractivity contribution < 1.29 is 4.79 Å². The molecule has 0 aliphatic rings. The average molecular weight is 516 g/mol. The van der Waals surface area contributed by atoms with Crippen LogP contribution >= 0.6 is 39.1 Å². The molecular formula is C23H17BrCl2N4O. The molecular weight excluding hydrogens is 499 g/mol. The van der Waals surface area contributed by atoms with Gasteiger partial charge in [0, 0.05) is 15.7 Å². The Morgan fingerprint density at radius 2 is 1.74 bits per heavy atom. The maximum atomic E-state index is 12.9. The third kappa shape index (κ3) is 4.51. The molecule has 4 aromatic rings. The van der Waals surface area contributed by atoms with E-state index in [1.807, 2.05) is 56.3 Å². The first-order valence-electron chi connectivity index (χ1n) is 9.39. The van der Waals surface area contributed by atoms with Gasteiger partial charge in [-0.15, -0.1) is 5.10 Å². The molecule has 1 amide bonds. The van der Waals surface area contributed by atoms with E-state index in [-0.39, 0.29) is 5.82 Å². The second kappa shape index (κ2) is 8.83. The third-order valence-corrected chi connectivity index (χ3v) is 6.16. The first kappa shape index (κ1) is 21.6. The van der Waals surface area contributed by atoms with Gasteiger partial charge < -0.3 is 5.32 Å². The van der Waals surface area contributed by atoms with Crippen LogP contribution in [-0.4, -0.2) is 20.7 Å². The predicted molar refractivity (Wildman–Crippen MR) is 128 cm³/mol. The van der Waals surface area contributed by atoms with Gasteiger partial charge in [-0.1, -0.05) is 63.4 Å². The van der Waals surface area contributed by atoms with E-state index in [1.165, 1.54) is 0 Å². The number of hydrogen-bond donors (Lipinski definition) is 1. The maximum absolute atomic E-state index is 12.9. The van der Waals surface area contributed by atoms with Crippen molar-refractivity contribution in [3.05, 3.63) is 92.1 Å². The SMILES string of the molecule is Cc1cccc(-n2nc(C(=O)Nc3ccc(Cl)c(Cl)c3)nc2-c2ccc(Br)cc2)c1C. The molecule has 156 valence electrons. The molecule has 0 bridgehead atoms. The van der Waals surface area contributed by atoms with Gasteiger partial charge in [-0.25, -0.2) is 9.67 Å². The number of aryl methyl sites for hydroxylation is 1. The lowest BCUT2D eigenvalue weighted by atomic mass is 10.1. The molecule has 0 fully saturated rings. The Kier molecular flexibility index (Phi) is 6.14. The summed E-state index contributed by atoms with van der Waals surface area (Å²) in [5, 5.41) is 8.08. The van der Waals surface area contributed by atoms with Gasteiger partial charge in [0.2, 0.25) is 5.82 Å². The van der Waals surface area contributed by atoms with Crippen molar-refractivity contribution in [1.29, 1.82) is 0 Å². The summed E-state index contributed by atoms with van der Waals surface area (Å²) < 4.78 is 2.65. The van der Waals surface area contributed by atoms with E-state index >= 15 is 0 Å². The number of aromatic nitrogens is 3. The zero-order chi connectivity index (χ0) is 22.1. The van der Waals surface area contributed by atoms with Gasteiger partial charge in [0.25, 0.3) is 5.91 Å². The van der Waals surface area contributed by atoms with Crippen molar-refractivity contribution in [2.45, 2.75) is 13.8 Å². The Balaban J connectivity index is 1.79. The Bertz CT molecular complexity index is 1290. The molecule has 8 heteroatoms. The van der Waals surface area contributed by atoms with Crippen molar-refractivity contribution in [2.75, 3.05) is 5.32 Å². The van der Waals surface area contributed by atoms with Crippen LogP contribution in [0.15, 0.2) is 65.1 Å². The van der Waals surface area contributed by atoms with Crippen LogP contribution < -0.4 is 5.32 Å². The number of rotatable bonds is 4. The summed E-state index contributed by atoms with van der Waals surface area (Å²) in [5.41, 5.74) is 4.38. The normalized spacial score (nSPS) is 10.9. The van der Waals surface area contributed by atoms with Crippen molar-refractivity contribution in [3.8, 4) is 17.1 Å². The maximum Gasteiger partial charge on any atom is 0.295 e. The molecule has 0 spiro atoms. The molecule has 31 heavy (non-hydrogen) atoms. The Hall–Kier alpha value is -2.67. The lowest BCUT2D eigenvalue weighted by Crippen LogP contribution is -2.14. The van der Waals surface area contributed by atoms with Crippen LogP contribution in [0.2, 0.25) is 10.0 Å². The van der Waals surface area contributed by atoms with E-state index in [1.54, 1.807) is 22.9 Å². The van der Waals surface area contributed by atoms with Crippen LogP contribution in [0.25, 0.3) is 17.1 Å². The minimum atomic E-state index is -0.444. The quantitative estimate of drug-likeness (QED) is 0.322. The van der Waals surface area contributed by atoms with E-state index in [9.17, 15) is 4.79 Å². The van der Waals surface area contributed by atoms with Gasteiger partial charge in [0.1, 0.15) is 0 Å². The lowest BCUT2D eigenvalue weighted by Gasteiger charge is -2.11. The number of anilines is 1. The summed E-state index contributed by atoms with van der Waals surface area (Å²) in [5.74, 6) is 0.172. The standard InChI is InChI=1S/C23H17BrCl2N4O/c1-13-4-3-5-20(14(13)2)30-22(15-6-8-16(24)9-7-15)28-21(29-30)23(31)27-17-10-11-18(25)19(26)12-17/h3-12H,1-2H3,(H,27,31). The highest BCUT2D eigenvalue weighted by molar-refractivity contribution is 9.10. The van der Waals surface area contributed by atoms with Crippen LogP contribution in [0, 0.1) is 13.8 Å². The molecule has 1 N–H and O–H groups in total. The molecule has 3 aromatic carbocycles. The minimum Gasteiger partial charge on any atom is -0.319 e. The molecule has 0 aliphatic heterocycles. The zero-order valence-electron chi connectivity index (χ0n) is 16.7. The molecule has 0 saturated heterocycles. The van der Waals surface area contributed by atoms with Crippen LogP contribution in [-0.2, 0) is 0 Å². The second-order valence-corrected chi connectivity index (χ2v) is 8.71. The fourth-order valence-electron chi connectivity index (χ4n) is 3.09. The summed E-state index contributed by atoms with van der Waals surface area (Å²) >= 11 is 15.5. The highest BCUT2D eigenvalue weighted by Crippen LogP contribution is 2.27. The van der Waals surface area contributed by atoms with Crippen molar-refractivity contribution in [3.63, 3.8) is 0 Å². The summed E-state index contributed by atoms with van der Waals surface area (Å²) in [6.07, 6.45) is 0. The summed E-state index contributed by atoms with van der Waals surface area (Å²) in [7, 11) is 0. The fourth-order valence-corrected chi connectivity index (χ4v) is 3.65. The largest absolute Gasteiger partial charge is 0.319 e. The minimum absolute atomic E-state index is 0.0462. The van der Waals surface area contributed by atoms with Crippen LogP contribution in [0.3, 0.4) is 0 Å². The van der Waals surface area contributed by atoms with E-state index in [0.717, 1.165) is 26.9 Å². The van der Waals surface area contributed by atoms with Gasteiger partial charge in [-0.3, -0.25) is 4.79 Å². The number of hydrogen-bond acceptors (Lipinski definition) is 3. The molecule has 0 aliphatic carbocycles. The summed E-state index contributed by atoms with van der Waals surface area (Å²) in [4.78, 5) is 17.5. The molecule has 0 radical (unpaired) electrons. The number of nitrogens with zero attached hydrogens (tertiary/aromatic N) is 3. The van der Waals surface area contributed by atoms with E-state index in [4.69, 9.17) is 23.2 Å². The van der Waals surface area contributed by atoms with Gasteiger partial charge in [0.05, 0.1) is 15.7 Å². The summed E-state index contributed by atoms with van der Waals surface area (Å²) in [6.45, 7) is 4.06. The fraction of sp³-hybridized carbons (Fsp3) is 0.0870. The smallest absolute Gasteiger partial charge is 0.295 e. The third-order valence-electron chi connectivity index (χ3n) is 4.89. The first-order valence-corrected chi connectivity index (χ1v) is 10.9. The molecule has 0 saturated carbocycles. The number of benzene rings is 3. The summed E-state index contributed by atoms with van der Waals surface area (Å²) in [6, 6.07) is 18.5. The second-order valence-electron chi connectivity index (χ2n) is 6.98. The number of carbonyl (C=O) groups excluding carboxylic acids is 1. The van der Waals surface area contributed by atoms with Crippen molar-refractivity contribution in [2.24, 2.45) is 0 Å². The van der Waals surface area contributed by atoms with E-state index < -0.39 is 5.91 Å². The van der Waals surface area contributed by atoms with Gasteiger partial charge in [0.15, 0.2) is 5.82 Å².